The molecule has 1 saturated heterocycles. The molecule has 0 spiro atoms. The number of benzene rings is 2. The second-order valence-corrected chi connectivity index (χ2v) is 11.9. The summed E-state index contributed by atoms with van der Waals surface area (Å²) in [5, 5.41) is 0.484. The molecule has 0 bridgehead atoms. The minimum Gasteiger partial charge on any atom is -0.494 e. The number of fused-ring (bicyclic) bond motifs is 1. The highest BCUT2D eigenvalue weighted by Gasteiger charge is 2.36. The van der Waals surface area contributed by atoms with E-state index in [1.807, 2.05) is 19.1 Å². The van der Waals surface area contributed by atoms with E-state index in [-0.39, 0.29) is 38.4 Å². The molecule has 200 valence electrons. The van der Waals surface area contributed by atoms with Crippen LogP contribution in [-0.4, -0.2) is 43.8 Å². The first-order valence-electron chi connectivity index (χ1n) is 11.9. The number of ether oxygens (including phenoxy) is 1. The summed E-state index contributed by atoms with van der Waals surface area (Å²) in [6.45, 7) is 2.17. The molecular weight excluding hydrogens is 536 g/mol. The van der Waals surface area contributed by atoms with Crippen molar-refractivity contribution in [2.24, 2.45) is 5.92 Å². The molecule has 1 aliphatic heterocycles. The van der Waals surface area contributed by atoms with Crippen LogP contribution in [-0.2, 0) is 21.4 Å². The topological polar surface area (TPSA) is 93.0 Å². The first-order chi connectivity index (χ1) is 18.2. The highest BCUT2D eigenvalue weighted by molar-refractivity contribution is 7.89. The molecule has 3 heterocycles. The number of thiazole rings is 1. The predicted octanol–water partition coefficient (Wildman–Crippen LogP) is 5.12. The van der Waals surface area contributed by atoms with E-state index in [4.69, 9.17) is 14.1 Å². The smallest absolute Gasteiger partial charge is 0.245 e. The monoisotopic (exact) mass is 561 g/mol. The largest absolute Gasteiger partial charge is 0.494 e. The normalized spacial score (nSPS) is 15.2. The number of carbonyl (C=O) groups is 1. The molecule has 5 rings (SSSR count). The first-order valence-corrected chi connectivity index (χ1v) is 14.2. The lowest BCUT2D eigenvalue weighted by Crippen LogP contribution is -2.44. The van der Waals surface area contributed by atoms with Crippen molar-refractivity contribution in [1.29, 1.82) is 0 Å². The number of piperidine rings is 1. The number of aryl methyl sites for hydroxylation is 1. The van der Waals surface area contributed by atoms with Crippen molar-refractivity contribution in [1.82, 2.24) is 9.29 Å². The van der Waals surface area contributed by atoms with Crippen LogP contribution in [0.3, 0.4) is 0 Å². The summed E-state index contributed by atoms with van der Waals surface area (Å²) in [6.07, 6.45) is 2.01. The number of sulfonamides is 1. The Morgan fingerprint density at radius 3 is 2.63 bits per heavy atom. The number of halogens is 2. The SMILES string of the molecule is COc1ccc(C)c2sc(N(Cc3ccco3)C(=O)C3CCN(S(=O)(=O)c4ccc(F)cc4F)CC3)nc12. The average Bonchev–Trinajstić information content (AvgIpc) is 3.58. The molecule has 2 aromatic carbocycles. The summed E-state index contributed by atoms with van der Waals surface area (Å²) in [7, 11) is -2.61. The van der Waals surface area contributed by atoms with Crippen molar-refractivity contribution >= 4 is 42.6 Å². The van der Waals surface area contributed by atoms with Gasteiger partial charge in [0.25, 0.3) is 0 Å². The van der Waals surface area contributed by atoms with Gasteiger partial charge >= 0.3 is 0 Å². The van der Waals surface area contributed by atoms with Gasteiger partial charge in [-0.3, -0.25) is 9.69 Å². The van der Waals surface area contributed by atoms with Crippen molar-refractivity contribution < 1.29 is 31.1 Å². The quantitative estimate of drug-likeness (QED) is 0.311. The van der Waals surface area contributed by atoms with E-state index in [0.717, 1.165) is 26.7 Å². The minimum absolute atomic E-state index is 0.0247. The highest BCUT2D eigenvalue weighted by atomic mass is 32.2. The molecule has 2 aromatic heterocycles. The van der Waals surface area contributed by atoms with Crippen molar-refractivity contribution in [2.75, 3.05) is 25.1 Å². The molecule has 1 aliphatic rings. The van der Waals surface area contributed by atoms with E-state index in [2.05, 4.69) is 0 Å². The Morgan fingerprint density at radius 2 is 1.97 bits per heavy atom. The molecule has 12 heteroatoms. The molecule has 0 atom stereocenters. The van der Waals surface area contributed by atoms with E-state index in [1.54, 1.807) is 24.1 Å². The van der Waals surface area contributed by atoms with Gasteiger partial charge in [-0.2, -0.15) is 4.31 Å². The van der Waals surface area contributed by atoms with Crippen LogP contribution in [0.4, 0.5) is 13.9 Å². The molecule has 1 amide bonds. The molecule has 0 aliphatic carbocycles. The van der Waals surface area contributed by atoms with Gasteiger partial charge in [0.2, 0.25) is 15.9 Å². The molecule has 0 saturated carbocycles. The standard InChI is InChI=1S/C26H25F2N3O5S2/c1-16-5-7-21(35-2)23-24(16)37-26(29-23)31(15-19-4-3-13-36-19)25(32)17-9-11-30(12-10-17)38(33,34)22-8-6-18(27)14-20(22)28/h3-8,13-14,17H,9-12,15H2,1-2H3. The Kier molecular flexibility index (Phi) is 7.21. The van der Waals surface area contributed by atoms with Gasteiger partial charge in [0.05, 0.1) is 24.6 Å². The van der Waals surface area contributed by atoms with Crippen LogP contribution in [0, 0.1) is 24.5 Å². The van der Waals surface area contributed by atoms with Crippen LogP contribution in [0.1, 0.15) is 24.2 Å². The van der Waals surface area contributed by atoms with Crippen LogP contribution < -0.4 is 9.64 Å². The van der Waals surface area contributed by atoms with E-state index < -0.39 is 32.5 Å². The van der Waals surface area contributed by atoms with E-state index >= 15 is 0 Å². The maximum atomic E-state index is 14.2. The summed E-state index contributed by atoms with van der Waals surface area (Å²) >= 11 is 1.37. The van der Waals surface area contributed by atoms with Gasteiger partial charge in [-0.05, 0) is 55.7 Å². The molecule has 0 N–H and O–H groups in total. The minimum atomic E-state index is -4.17. The van der Waals surface area contributed by atoms with Crippen LogP contribution in [0.2, 0.25) is 0 Å². The third-order valence-corrected chi connectivity index (χ3v) is 9.76. The zero-order valence-corrected chi connectivity index (χ0v) is 22.3. The van der Waals surface area contributed by atoms with Gasteiger partial charge in [0.15, 0.2) is 5.13 Å². The van der Waals surface area contributed by atoms with Crippen LogP contribution in [0.5, 0.6) is 5.75 Å². The molecule has 0 unspecified atom stereocenters. The number of hydrogen-bond acceptors (Lipinski definition) is 7. The number of amides is 1. The van der Waals surface area contributed by atoms with Crippen molar-refractivity contribution in [3.05, 3.63) is 71.7 Å². The number of nitrogens with zero attached hydrogens (tertiary/aromatic N) is 3. The Bertz CT molecular complexity index is 1580. The second-order valence-electron chi connectivity index (χ2n) is 9.02. The zero-order chi connectivity index (χ0) is 27.0. The zero-order valence-electron chi connectivity index (χ0n) is 20.7. The molecule has 8 nitrogen and oxygen atoms in total. The third kappa shape index (κ3) is 4.91. The van der Waals surface area contributed by atoms with Gasteiger partial charge < -0.3 is 9.15 Å². The molecule has 0 radical (unpaired) electrons. The number of furan rings is 1. The lowest BCUT2D eigenvalue weighted by Gasteiger charge is -2.32. The summed E-state index contributed by atoms with van der Waals surface area (Å²) in [6, 6.07) is 9.65. The maximum absolute atomic E-state index is 14.2. The lowest BCUT2D eigenvalue weighted by molar-refractivity contribution is -0.123. The average molecular weight is 562 g/mol. The fraction of sp³-hybridized carbons (Fsp3) is 0.308. The summed E-state index contributed by atoms with van der Waals surface area (Å²) < 4.78 is 66.5. The fourth-order valence-electron chi connectivity index (χ4n) is 4.56. The summed E-state index contributed by atoms with van der Waals surface area (Å²) in [5.41, 5.74) is 1.66. The van der Waals surface area contributed by atoms with Crippen LogP contribution >= 0.6 is 11.3 Å². The number of rotatable bonds is 7. The number of carbonyl (C=O) groups excluding carboxylic acids is 1. The van der Waals surface area contributed by atoms with Crippen LogP contribution in [0.25, 0.3) is 10.2 Å². The fourth-order valence-corrected chi connectivity index (χ4v) is 7.13. The number of aromatic nitrogens is 1. The summed E-state index contributed by atoms with van der Waals surface area (Å²) in [4.78, 5) is 19.5. The highest BCUT2D eigenvalue weighted by Crippen LogP contribution is 2.38. The number of hydrogen-bond donors (Lipinski definition) is 0. The summed E-state index contributed by atoms with van der Waals surface area (Å²) in [5.74, 6) is -1.51. The van der Waals surface area contributed by atoms with Gasteiger partial charge in [-0.25, -0.2) is 22.2 Å². The van der Waals surface area contributed by atoms with E-state index in [1.165, 1.54) is 17.6 Å². The van der Waals surface area contributed by atoms with Gasteiger partial charge in [-0.1, -0.05) is 17.4 Å². The maximum Gasteiger partial charge on any atom is 0.245 e. The Labute approximate surface area is 222 Å². The van der Waals surface area contributed by atoms with Crippen molar-refractivity contribution in [3.63, 3.8) is 0 Å². The lowest BCUT2D eigenvalue weighted by atomic mass is 9.96. The van der Waals surface area contributed by atoms with Crippen LogP contribution in [0.15, 0.2) is 58.0 Å². The van der Waals surface area contributed by atoms with Gasteiger partial charge in [-0.15, -0.1) is 0 Å². The molecule has 1 fully saturated rings. The molecule has 38 heavy (non-hydrogen) atoms. The van der Waals surface area contributed by atoms with Crippen molar-refractivity contribution in [3.8, 4) is 5.75 Å². The van der Waals surface area contributed by atoms with Crippen molar-refractivity contribution in [2.45, 2.75) is 31.2 Å². The second kappa shape index (κ2) is 10.4. The Balaban J connectivity index is 1.40. The van der Waals surface area contributed by atoms with E-state index in [0.29, 0.717) is 28.2 Å². The first kappa shape index (κ1) is 26.3. The third-order valence-electron chi connectivity index (χ3n) is 6.62. The predicted molar refractivity (Wildman–Crippen MR) is 139 cm³/mol. The number of methoxy groups -OCH3 is 1. The molecule has 4 aromatic rings. The Morgan fingerprint density at radius 1 is 1.21 bits per heavy atom. The van der Waals surface area contributed by atoms with Gasteiger partial charge in [0.1, 0.15) is 33.6 Å². The Hall–Kier alpha value is -3.35. The number of anilines is 1. The van der Waals surface area contributed by atoms with Gasteiger partial charge in [0, 0.05) is 25.1 Å². The van der Waals surface area contributed by atoms with E-state index in [9.17, 15) is 22.0 Å². The molecular formula is C26H25F2N3O5S2.